The number of carboxylic acids is 1. The van der Waals surface area contributed by atoms with E-state index in [4.69, 9.17) is 9.47 Å². The molecule has 1 saturated heterocycles. The van der Waals surface area contributed by atoms with E-state index in [1.807, 2.05) is 23.1 Å². The van der Waals surface area contributed by atoms with Crippen molar-refractivity contribution in [3.63, 3.8) is 0 Å². The van der Waals surface area contributed by atoms with Gasteiger partial charge in [0, 0.05) is 31.6 Å². The lowest BCUT2D eigenvalue weighted by Crippen LogP contribution is -2.42. The van der Waals surface area contributed by atoms with Gasteiger partial charge in [0.1, 0.15) is 0 Å². The summed E-state index contributed by atoms with van der Waals surface area (Å²) in [6, 6.07) is 13.6. The number of fused-ring (bicyclic) bond motifs is 1. The summed E-state index contributed by atoms with van der Waals surface area (Å²) >= 11 is 0. The third-order valence-electron chi connectivity index (χ3n) is 7.82. The third kappa shape index (κ3) is 6.32. The molecule has 4 rings (SSSR count). The van der Waals surface area contributed by atoms with Crippen molar-refractivity contribution < 1.29 is 24.2 Å². The van der Waals surface area contributed by atoms with Crippen molar-refractivity contribution >= 4 is 11.9 Å². The quantitative estimate of drug-likeness (QED) is 0.367. The summed E-state index contributed by atoms with van der Waals surface area (Å²) in [5, 5.41) is 10.5. The monoisotopic (exact) mass is 522 g/mol. The molecule has 2 aliphatic rings. The molecule has 3 atom stereocenters. The maximum Gasteiger partial charge on any atom is 0.309 e. The Balaban J connectivity index is 1.67. The molecule has 2 heterocycles. The van der Waals surface area contributed by atoms with Crippen LogP contribution in [0, 0.1) is 5.92 Å². The standard InChI is InChI=1S/C31H42N2O5/c1-4-7-16-32(17-8-5-2)28(34)20-33-19-25(24-14-15-26-27(18-24)38-21-37-26)29(31(35)36)30(33)23-12-10-22(9-6-3)11-13-23/h10-15,18,25,29-30H,4-9,16-17,19-21H2,1-3H3,(H,35,36). The summed E-state index contributed by atoms with van der Waals surface area (Å²) < 4.78 is 11.1. The van der Waals surface area contributed by atoms with E-state index in [0.29, 0.717) is 18.0 Å². The zero-order chi connectivity index (χ0) is 27.1. The predicted octanol–water partition coefficient (Wildman–Crippen LogP) is 5.64. The van der Waals surface area contributed by atoms with Crippen molar-refractivity contribution in [2.24, 2.45) is 5.92 Å². The summed E-state index contributed by atoms with van der Waals surface area (Å²) in [4.78, 5) is 30.5. The van der Waals surface area contributed by atoms with Gasteiger partial charge in [0.25, 0.3) is 0 Å². The van der Waals surface area contributed by atoms with Crippen molar-refractivity contribution in [1.29, 1.82) is 0 Å². The first-order valence-corrected chi connectivity index (χ1v) is 14.2. The first-order valence-electron chi connectivity index (χ1n) is 14.2. The highest BCUT2D eigenvalue weighted by molar-refractivity contribution is 5.79. The molecule has 2 aromatic carbocycles. The Morgan fingerprint density at radius 3 is 2.21 bits per heavy atom. The van der Waals surface area contributed by atoms with Crippen LogP contribution in [0.5, 0.6) is 11.5 Å². The molecular weight excluding hydrogens is 480 g/mol. The van der Waals surface area contributed by atoms with Crippen LogP contribution in [0.1, 0.15) is 81.5 Å². The van der Waals surface area contributed by atoms with Crippen molar-refractivity contribution in [1.82, 2.24) is 9.80 Å². The molecule has 206 valence electrons. The van der Waals surface area contributed by atoms with Crippen molar-refractivity contribution in [3.05, 3.63) is 59.2 Å². The fourth-order valence-corrected chi connectivity index (χ4v) is 5.77. The summed E-state index contributed by atoms with van der Waals surface area (Å²) in [5.74, 6) is -0.424. The zero-order valence-corrected chi connectivity index (χ0v) is 23.0. The minimum absolute atomic E-state index is 0.0787. The number of ether oxygens (including phenoxy) is 2. The maximum atomic E-state index is 13.6. The lowest BCUT2D eigenvalue weighted by Gasteiger charge is -2.30. The van der Waals surface area contributed by atoms with Crippen molar-refractivity contribution in [2.45, 2.75) is 71.3 Å². The van der Waals surface area contributed by atoms with Crippen LogP contribution in [0.3, 0.4) is 0 Å². The highest BCUT2D eigenvalue weighted by Crippen LogP contribution is 2.47. The molecular formula is C31H42N2O5. The Hall–Kier alpha value is -3.06. The fraction of sp³-hybridized carbons (Fsp3) is 0.548. The van der Waals surface area contributed by atoms with Gasteiger partial charge in [-0.25, -0.2) is 0 Å². The predicted molar refractivity (Wildman–Crippen MR) is 148 cm³/mol. The molecule has 0 aromatic heterocycles. The van der Waals surface area contributed by atoms with Gasteiger partial charge in [0.2, 0.25) is 12.7 Å². The Kier molecular flexibility index (Phi) is 9.67. The van der Waals surface area contributed by atoms with Crippen molar-refractivity contribution in [3.8, 4) is 11.5 Å². The minimum atomic E-state index is -0.848. The average molecular weight is 523 g/mol. The summed E-state index contributed by atoms with van der Waals surface area (Å²) in [6.45, 7) is 8.77. The van der Waals surface area contributed by atoms with E-state index >= 15 is 0 Å². The summed E-state index contributed by atoms with van der Waals surface area (Å²) in [5.41, 5.74) is 3.08. The molecule has 0 spiro atoms. The summed E-state index contributed by atoms with van der Waals surface area (Å²) in [6.07, 6.45) is 6.03. The van der Waals surface area contributed by atoms with Crippen LogP contribution in [-0.2, 0) is 16.0 Å². The van der Waals surface area contributed by atoms with E-state index < -0.39 is 17.9 Å². The number of aryl methyl sites for hydroxylation is 1. The van der Waals surface area contributed by atoms with Crippen LogP contribution < -0.4 is 9.47 Å². The van der Waals surface area contributed by atoms with Gasteiger partial charge in [-0.1, -0.05) is 70.4 Å². The van der Waals surface area contributed by atoms with Crippen LogP contribution in [0.2, 0.25) is 0 Å². The molecule has 1 N–H and O–H groups in total. The van der Waals surface area contributed by atoms with E-state index in [0.717, 1.165) is 62.7 Å². The van der Waals surface area contributed by atoms with Gasteiger partial charge in [-0.2, -0.15) is 0 Å². The Morgan fingerprint density at radius 2 is 1.58 bits per heavy atom. The minimum Gasteiger partial charge on any atom is -0.481 e. The highest BCUT2D eigenvalue weighted by atomic mass is 16.7. The maximum absolute atomic E-state index is 13.6. The Bertz CT molecular complexity index is 1080. The number of nitrogens with zero attached hydrogens (tertiary/aromatic N) is 2. The zero-order valence-electron chi connectivity index (χ0n) is 23.0. The molecule has 0 aliphatic carbocycles. The van der Waals surface area contributed by atoms with Gasteiger partial charge in [-0.15, -0.1) is 0 Å². The number of carbonyl (C=O) groups is 2. The number of amides is 1. The number of carboxylic acid groups (broad SMARTS) is 1. The molecule has 7 nitrogen and oxygen atoms in total. The second kappa shape index (κ2) is 13.1. The van der Waals surface area contributed by atoms with Gasteiger partial charge in [-0.3, -0.25) is 14.5 Å². The molecule has 2 aliphatic heterocycles. The molecule has 0 radical (unpaired) electrons. The second-order valence-electron chi connectivity index (χ2n) is 10.5. The molecule has 0 saturated carbocycles. The van der Waals surface area contributed by atoms with E-state index in [9.17, 15) is 14.7 Å². The lowest BCUT2D eigenvalue weighted by molar-refractivity contribution is -0.144. The largest absolute Gasteiger partial charge is 0.481 e. The normalized spacial score (nSPS) is 20.6. The summed E-state index contributed by atoms with van der Waals surface area (Å²) in [7, 11) is 0. The first kappa shape index (κ1) is 28.0. The molecule has 3 unspecified atom stereocenters. The second-order valence-corrected chi connectivity index (χ2v) is 10.5. The number of rotatable bonds is 13. The van der Waals surface area contributed by atoms with Gasteiger partial charge in [-0.05, 0) is 48.1 Å². The molecule has 0 bridgehead atoms. The topological polar surface area (TPSA) is 79.3 Å². The number of hydrogen-bond acceptors (Lipinski definition) is 5. The van der Waals surface area contributed by atoms with Gasteiger partial charge in [0.15, 0.2) is 11.5 Å². The van der Waals surface area contributed by atoms with Crippen LogP contribution in [0.4, 0.5) is 0 Å². The molecule has 7 heteroatoms. The number of unbranched alkanes of at least 4 members (excludes halogenated alkanes) is 2. The average Bonchev–Trinajstić information content (AvgIpc) is 3.54. The fourth-order valence-electron chi connectivity index (χ4n) is 5.77. The van der Waals surface area contributed by atoms with E-state index in [1.54, 1.807) is 0 Å². The molecule has 38 heavy (non-hydrogen) atoms. The molecule has 1 fully saturated rings. The first-order chi connectivity index (χ1) is 18.5. The number of likely N-dealkylation sites (tertiary alicyclic amines) is 1. The van der Waals surface area contributed by atoms with E-state index in [2.05, 4.69) is 49.9 Å². The number of aliphatic carboxylic acids is 1. The van der Waals surface area contributed by atoms with Gasteiger partial charge < -0.3 is 19.5 Å². The van der Waals surface area contributed by atoms with Crippen LogP contribution in [0.25, 0.3) is 0 Å². The van der Waals surface area contributed by atoms with Gasteiger partial charge in [0.05, 0.1) is 12.5 Å². The van der Waals surface area contributed by atoms with E-state index in [1.165, 1.54) is 5.56 Å². The SMILES string of the molecule is CCCCN(CCCC)C(=O)CN1CC(c2ccc3c(c2)OCO3)C(C(=O)O)C1c1ccc(CCC)cc1. The molecule has 2 aromatic rings. The van der Waals surface area contributed by atoms with E-state index in [-0.39, 0.29) is 25.2 Å². The van der Waals surface area contributed by atoms with Crippen LogP contribution in [-0.4, -0.2) is 59.8 Å². The number of benzene rings is 2. The highest BCUT2D eigenvalue weighted by Gasteiger charge is 2.48. The molecule has 1 amide bonds. The Morgan fingerprint density at radius 1 is 0.921 bits per heavy atom. The van der Waals surface area contributed by atoms with Crippen LogP contribution >= 0.6 is 0 Å². The lowest BCUT2D eigenvalue weighted by atomic mass is 9.82. The van der Waals surface area contributed by atoms with Gasteiger partial charge >= 0.3 is 5.97 Å². The smallest absolute Gasteiger partial charge is 0.309 e. The number of carbonyl (C=O) groups excluding carboxylic acids is 1. The number of hydrogen-bond donors (Lipinski definition) is 1. The van der Waals surface area contributed by atoms with Crippen LogP contribution in [0.15, 0.2) is 42.5 Å². The third-order valence-corrected chi connectivity index (χ3v) is 7.82. The van der Waals surface area contributed by atoms with Crippen molar-refractivity contribution in [2.75, 3.05) is 33.0 Å². The Labute approximate surface area is 226 Å².